The van der Waals surface area contributed by atoms with Crippen LogP contribution in [0.15, 0.2) is 33.7 Å². The van der Waals surface area contributed by atoms with Crippen molar-refractivity contribution in [3.8, 4) is 0 Å². The van der Waals surface area contributed by atoms with Crippen LogP contribution in [0.3, 0.4) is 0 Å². The average Bonchev–Trinajstić information content (AvgIpc) is 3.31. The van der Waals surface area contributed by atoms with Crippen molar-refractivity contribution in [1.82, 2.24) is 4.57 Å². The molecule has 1 aliphatic rings. The first-order valence-electron chi connectivity index (χ1n) is 6.78. The van der Waals surface area contributed by atoms with Gasteiger partial charge in [-0.05, 0) is 31.0 Å². The van der Waals surface area contributed by atoms with Gasteiger partial charge in [0.2, 0.25) is 5.82 Å². The first kappa shape index (κ1) is 15.7. The summed E-state index contributed by atoms with van der Waals surface area (Å²) in [4.78, 5) is 23.4. The fraction of sp³-hybridized carbons (Fsp3) is 0.200. The molecule has 0 amide bonds. The van der Waals surface area contributed by atoms with Crippen molar-refractivity contribution >= 4 is 33.3 Å². The SMILES string of the molecule is O=C(O)c1cn(C2CC2)c(=O)c(F)c1Nc1ccc(Br)cc1F. The van der Waals surface area contributed by atoms with Crippen molar-refractivity contribution in [2.45, 2.75) is 18.9 Å². The Morgan fingerprint density at radius 3 is 2.61 bits per heavy atom. The van der Waals surface area contributed by atoms with Gasteiger partial charge in [-0.1, -0.05) is 15.9 Å². The van der Waals surface area contributed by atoms with E-state index >= 15 is 0 Å². The van der Waals surface area contributed by atoms with E-state index in [1.165, 1.54) is 12.1 Å². The number of halogens is 3. The van der Waals surface area contributed by atoms with Crippen molar-refractivity contribution < 1.29 is 18.7 Å². The van der Waals surface area contributed by atoms with Gasteiger partial charge in [0.05, 0.1) is 11.4 Å². The molecule has 120 valence electrons. The molecule has 8 heteroatoms. The number of hydrogen-bond acceptors (Lipinski definition) is 3. The molecule has 1 aromatic heterocycles. The summed E-state index contributed by atoms with van der Waals surface area (Å²) in [5, 5.41) is 11.7. The van der Waals surface area contributed by atoms with Gasteiger partial charge >= 0.3 is 5.97 Å². The summed E-state index contributed by atoms with van der Waals surface area (Å²) in [6.45, 7) is 0. The Labute approximate surface area is 137 Å². The molecule has 0 spiro atoms. The second-order valence-electron chi connectivity index (χ2n) is 5.23. The molecule has 0 radical (unpaired) electrons. The second kappa shape index (κ2) is 5.77. The third kappa shape index (κ3) is 2.98. The molecule has 1 aliphatic carbocycles. The Kier molecular flexibility index (Phi) is 3.93. The Bertz CT molecular complexity index is 863. The summed E-state index contributed by atoms with van der Waals surface area (Å²) < 4.78 is 29.8. The maximum absolute atomic E-state index is 14.4. The zero-order valence-electron chi connectivity index (χ0n) is 11.6. The van der Waals surface area contributed by atoms with Gasteiger partial charge in [0.1, 0.15) is 11.4 Å². The number of carboxylic acids is 1. The van der Waals surface area contributed by atoms with Gasteiger partial charge in [0, 0.05) is 16.7 Å². The highest BCUT2D eigenvalue weighted by atomic mass is 79.9. The van der Waals surface area contributed by atoms with Crippen molar-refractivity contribution in [3.05, 3.63) is 56.4 Å². The van der Waals surface area contributed by atoms with E-state index in [1.807, 2.05) is 0 Å². The van der Waals surface area contributed by atoms with Gasteiger partial charge in [0.15, 0.2) is 0 Å². The highest BCUT2D eigenvalue weighted by Crippen LogP contribution is 2.35. The molecule has 5 nitrogen and oxygen atoms in total. The second-order valence-corrected chi connectivity index (χ2v) is 6.15. The zero-order valence-corrected chi connectivity index (χ0v) is 13.2. The monoisotopic (exact) mass is 384 g/mol. The number of nitrogens with zero attached hydrogens (tertiary/aromatic N) is 1. The van der Waals surface area contributed by atoms with E-state index in [2.05, 4.69) is 21.2 Å². The lowest BCUT2D eigenvalue weighted by molar-refractivity contribution is 0.0696. The number of rotatable bonds is 4. The zero-order chi connectivity index (χ0) is 16.7. The molecule has 1 heterocycles. The standard InChI is InChI=1S/C15H11BrF2N2O3/c16-7-1-4-11(10(17)5-7)19-13-9(15(22)23)6-20(8-2-3-8)14(21)12(13)18/h1,4-6,8,19H,2-3H2,(H,22,23). The van der Waals surface area contributed by atoms with Crippen LogP contribution in [-0.2, 0) is 0 Å². The predicted molar refractivity (Wildman–Crippen MR) is 83.3 cm³/mol. The summed E-state index contributed by atoms with van der Waals surface area (Å²) in [6, 6.07) is 3.80. The fourth-order valence-electron chi connectivity index (χ4n) is 2.23. The Hall–Kier alpha value is -2.22. The maximum Gasteiger partial charge on any atom is 0.339 e. The van der Waals surface area contributed by atoms with Crippen LogP contribution in [0, 0.1) is 11.6 Å². The van der Waals surface area contributed by atoms with Gasteiger partial charge in [-0.15, -0.1) is 0 Å². The highest BCUT2D eigenvalue weighted by Gasteiger charge is 2.29. The molecule has 1 aromatic carbocycles. The molecule has 2 N–H and O–H groups in total. The van der Waals surface area contributed by atoms with E-state index in [0.29, 0.717) is 17.3 Å². The quantitative estimate of drug-likeness (QED) is 0.843. The van der Waals surface area contributed by atoms with E-state index in [1.54, 1.807) is 0 Å². The Morgan fingerprint density at radius 2 is 2.04 bits per heavy atom. The average molecular weight is 385 g/mol. The van der Waals surface area contributed by atoms with Gasteiger partial charge in [-0.2, -0.15) is 4.39 Å². The predicted octanol–water partition coefficient (Wildman–Crippen LogP) is 3.67. The van der Waals surface area contributed by atoms with Crippen molar-refractivity contribution in [1.29, 1.82) is 0 Å². The number of carbonyl (C=O) groups is 1. The fourth-order valence-corrected chi connectivity index (χ4v) is 2.57. The van der Waals surface area contributed by atoms with Crippen LogP contribution in [0.5, 0.6) is 0 Å². The molecule has 0 bridgehead atoms. The molecule has 1 saturated carbocycles. The lowest BCUT2D eigenvalue weighted by Crippen LogP contribution is -2.25. The number of hydrogen-bond donors (Lipinski definition) is 2. The van der Waals surface area contributed by atoms with Crippen molar-refractivity contribution in [3.63, 3.8) is 0 Å². The summed E-state index contributed by atoms with van der Waals surface area (Å²) in [7, 11) is 0. The largest absolute Gasteiger partial charge is 0.478 e. The molecule has 0 atom stereocenters. The number of benzene rings is 1. The van der Waals surface area contributed by atoms with E-state index in [9.17, 15) is 23.5 Å². The Balaban J connectivity index is 2.12. The molecule has 2 aromatic rings. The summed E-state index contributed by atoms with van der Waals surface area (Å²) in [6.07, 6.45) is 2.50. The Morgan fingerprint density at radius 1 is 1.35 bits per heavy atom. The number of pyridine rings is 1. The molecule has 1 fully saturated rings. The van der Waals surface area contributed by atoms with Crippen molar-refractivity contribution in [2.24, 2.45) is 0 Å². The van der Waals surface area contributed by atoms with Gasteiger partial charge in [0.25, 0.3) is 5.56 Å². The summed E-state index contributed by atoms with van der Waals surface area (Å²) in [5.41, 5.74) is -2.01. The topological polar surface area (TPSA) is 71.3 Å². The molecule has 0 aliphatic heterocycles. The van der Waals surface area contributed by atoms with Crippen LogP contribution < -0.4 is 10.9 Å². The molecule has 23 heavy (non-hydrogen) atoms. The molecular weight excluding hydrogens is 374 g/mol. The highest BCUT2D eigenvalue weighted by molar-refractivity contribution is 9.10. The van der Waals surface area contributed by atoms with Crippen LogP contribution in [0.1, 0.15) is 29.2 Å². The van der Waals surface area contributed by atoms with E-state index < -0.39 is 34.4 Å². The van der Waals surface area contributed by atoms with E-state index in [-0.39, 0.29) is 11.7 Å². The summed E-state index contributed by atoms with van der Waals surface area (Å²) in [5.74, 6) is -3.35. The number of nitrogens with one attached hydrogen (secondary N) is 1. The number of anilines is 2. The normalized spacial score (nSPS) is 13.9. The van der Waals surface area contributed by atoms with Gasteiger partial charge < -0.3 is 15.0 Å². The van der Waals surface area contributed by atoms with E-state index in [4.69, 9.17) is 0 Å². The van der Waals surface area contributed by atoms with Gasteiger partial charge in [-0.3, -0.25) is 4.79 Å². The minimum absolute atomic E-state index is 0.127. The van der Waals surface area contributed by atoms with Crippen molar-refractivity contribution in [2.75, 3.05) is 5.32 Å². The van der Waals surface area contributed by atoms with Crippen LogP contribution >= 0.6 is 15.9 Å². The minimum Gasteiger partial charge on any atom is -0.478 e. The number of carboxylic acid groups (broad SMARTS) is 1. The first-order valence-corrected chi connectivity index (χ1v) is 7.58. The first-order chi connectivity index (χ1) is 10.9. The third-order valence-corrected chi connectivity index (χ3v) is 4.03. The van der Waals surface area contributed by atoms with E-state index in [0.717, 1.165) is 16.8 Å². The summed E-state index contributed by atoms with van der Waals surface area (Å²) >= 11 is 3.09. The van der Waals surface area contributed by atoms with Crippen LogP contribution in [0.4, 0.5) is 20.2 Å². The molecule has 0 saturated heterocycles. The lowest BCUT2D eigenvalue weighted by atomic mass is 10.2. The van der Waals surface area contributed by atoms with Crippen LogP contribution in [0.2, 0.25) is 0 Å². The third-order valence-electron chi connectivity index (χ3n) is 3.54. The van der Waals surface area contributed by atoms with Gasteiger partial charge in [-0.25, -0.2) is 9.18 Å². The van der Waals surface area contributed by atoms with Crippen LogP contribution in [0.25, 0.3) is 0 Å². The van der Waals surface area contributed by atoms with Crippen LogP contribution in [-0.4, -0.2) is 15.6 Å². The minimum atomic E-state index is -1.40. The molecule has 0 unspecified atom stereocenters. The lowest BCUT2D eigenvalue weighted by Gasteiger charge is -2.14. The maximum atomic E-state index is 14.4. The number of aromatic carboxylic acids is 1. The number of aromatic nitrogens is 1. The smallest absolute Gasteiger partial charge is 0.339 e. The molecular formula is C15H11BrF2N2O3. The molecule has 3 rings (SSSR count).